The van der Waals surface area contributed by atoms with Crippen molar-refractivity contribution < 1.29 is 32.3 Å². The molecule has 3 fully saturated rings. The third-order valence-corrected chi connectivity index (χ3v) is 9.94. The smallest absolute Gasteiger partial charge is 0.408 e. The number of nitrogens with zero attached hydrogens (tertiary/aromatic N) is 1. The Bertz CT molecular complexity index is 1430. The Morgan fingerprint density at radius 2 is 1.80 bits per heavy atom. The van der Waals surface area contributed by atoms with E-state index in [0.29, 0.717) is 38.6 Å². The maximum Gasteiger partial charge on any atom is 0.408 e. The second kappa shape index (κ2) is 13.1. The summed E-state index contributed by atoms with van der Waals surface area (Å²) < 4.78 is 36.2. The molecule has 12 nitrogen and oxygen atoms in total. The number of allylic oxidation sites excluding steroid dienone is 1. The molecule has 1 aromatic carbocycles. The Hall–Kier alpha value is -3.45. The summed E-state index contributed by atoms with van der Waals surface area (Å²) in [5, 5.41) is 5.55. The van der Waals surface area contributed by atoms with Gasteiger partial charge in [-0.05, 0) is 71.3 Å². The van der Waals surface area contributed by atoms with Gasteiger partial charge in [0.1, 0.15) is 23.2 Å². The van der Waals surface area contributed by atoms with Gasteiger partial charge in [0.2, 0.25) is 11.8 Å². The van der Waals surface area contributed by atoms with Crippen molar-refractivity contribution in [2.75, 3.05) is 6.54 Å². The van der Waals surface area contributed by atoms with Crippen molar-refractivity contribution >= 4 is 34.0 Å². The zero-order valence-corrected chi connectivity index (χ0v) is 27.0. The molecule has 0 spiro atoms. The van der Waals surface area contributed by atoms with Crippen molar-refractivity contribution in [3.05, 3.63) is 48.0 Å². The van der Waals surface area contributed by atoms with E-state index in [1.54, 1.807) is 20.8 Å². The standard InChI is InChI=1S/C32H45N5O7S/c1-31(2,3)44-30(41)33-24-16-11-6-4-5-10-15-22-20-32(22,34-27(38)26-17-12-18-37(26)28(24)39)29(40)36-45(42,43)35-25-19-23(25)21-13-8-7-9-14-21/h7-10,13-15,22-26,35H,4-6,11-12,16-20H2,1-3H3,(H,33,41)(H,34,38)(H,36,40)/b15-10-/t22?,23-,24?,25+,26?,32?/m0/s1. The Kier molecular flexibility index (Phi) is 9.60. The predicted molar refractivity (Wildman–Crippen MR) is 167 cm³/mol. The van der Waals surface area contributed by atoms with Crippen LogP contribution < -0.4 is 20.1 Å². The number of nitrogens with one attached hydrogen (secondary N) is 4. The third kappa shape index (κ3) is 8.23. The molecular weight excluding hydrogens is 598 g/mol. The molecule has 1 saturated heterocycles. The number of ether oxygens (including phenoxy) is 1. The lowest BCUT2D eigenvalue weighted by Crippen LogP contribution is -2.59. The Morgan fingerprint density at radius 1 is 1.04 bits per heavy atom. The summed E-state index contributed by atoms with van der Waals surface area (Å²) in [5.74, 6) is -2.05. The van der Waals surface area contributed by atoms with Crippen LogP contribution in [0.4, 0.5) is 4.79 Å². The number of fused-ring (bicyclic) bond motifs is 2. The minimum atomic E-state index is -4.20. The fourth-order valence-corrected chi connectivity index (χ4v) is 7.52. The number of carbonyl (C=O) groups excluding carboxylic acids is 4. The van der Waals surface area contributed by atoms with E-state index in [4.69, 9.17) is 4.74 Å². The maximum atomic E-state index is 13.7. The first kappa shape index (κ1) is 32.9. The highest BCUT2D eigenvalue weighted by Crippen LogP contribution is 2.46. The van der Waals surface area contributed by atoms with E-state index in [0.717, 1.165) is 24.8 Å². The van der Waals surface area contributed by atoms with E-state index in [2.05, 4.69) is 20.1 Å². The average molecular weight is 644 g/mol. The second-order valence-corrected chi connectivity index (χ2v) is 15.1. The molecule has 0 aromatic heterocycles. The van der Waals surface area contributed by atoms with Gasteiger partial charge in [-0.15, -0.1) is 0 Å². The van der Waals surface area contributed by atoms with Crippen LogP contribution in [0.15, 0.2) is 42.5 Å². The Morgan fingerprint density at radius 3 is 2.53 bits per heavy atom. The molecule has 2 aliphatic carbocycles. The summed E-state index contributed by atoms with van der Waals surface area (Å²) in [5.41, 5.74) is -1.16. The van der Waals surface area contributed by atoms with Crippen molar-refractivity contribution in [2.45, 2.75) is 114 Å². The highest BCUT2D eigenvalue weighted by molar-refractivity contribution is 7.88. The average Bonchev–Trinajstić information content (AvgIpc) is 3.81. The Balaban J connectivity index is 1.29. The van der Waals surface area contributed by atoms with E-state index in [-0.39, 0.29) is 30.2 Å². The van der Waals surface area contributed by atoms with Crippen molar-refractivity contribution in [3.8, 4) is 0 Å². The summed E-state index contributed by atoms with van der Waals surface area (Å²) in [6, 6.07) is 7.53. The summed E-state index contributed by atoms with van der Waals surface area (Å²) in [4.78, 5) is 55.1. The predicted octanol–water partition coefficient (Wildman–Crippen LogP) is 2.77. The molecular formula is C32H45N5O7S. The van der Waals surface area contributed by atoms with Gasteiger partial charge in [-0.25, -0.2) is 9.52 Å². The van der Waals surface area contributed by atoms with E-state index in [1.807, 2.05) is 42.5 Å². The number of alkyl carbamates (subject to hydrolysis) is 1. The highest BCUT2D eigenvalue weighted by Gasteiger charge is 2.61. The van der Waals surface area contributed by atoms with Crippen LogP contribution in [-0.2, 0) is 29.3 Å². The molecule has 4 aliphatic rings. The molecule has 246 valence electrons. The molecule has 2 aliphatic heterocycles. The van der Waals surface area contributed by atoms with E-state index >= 15 is 0 Å². The van der Waals surface area contributed by atoms with Crippen LogP contribution in [0.25, 0.3) is 0 Å². The lowest BCUT2D eigenvalue weighted by atomic mass is 10.0. The number of amides is 4. The molecule has 2 heterocycles. The van der Waals surface area contributed by atoms with Crippen LogP contribution in [0.1, 0.15) is 90.0 Å². The molecule has 4 amide bonds. The van der Waals surface area contributed by atoms with Crippen molar-refractivity contribution in [1.82, 2.24) is 25.0 Å². The number of hydrogen-bond acceptors (Lipinski definition) is 7. The lowest BCUT2D eigenvalue weighted by Gasteiger charge is -2.30. The van der Waals surface area contributed by atoms with Crippen LogP contribution in [0, 0.1) is 5.92 Å². The van der Waals surface area contributed by atoms with Gasteiger partial charge in [-0.3, -0.25) is 14.4 Å². The van der Waals surface area contributed by atoms with Crippen LogP contribution >= 0.6 is 0 Å². The van der Waals surface area contributed by atoms with Crippen LogP contribution in [-0.4, -0.2) is 72.9 Å². The normalized spacial score (nSPS) is 31.3. The van der Waals surface area contributed by atoms with E-state index < -0.39 is 51.3 Å². The molecule has 2 saturated carbocycles. The highest BCUT2D eigenvalue weighted by atomic mass is 32.2. The molecule has 45 heavy (non-hydrogen) atoms. The molecule has 4 N–H and O–H groups in total. The second-order valence-electron chi connectivity index (χ2n) is 13.6. The first-order valence-electron chi connectivity index (χ1n) is 16.0. The SMILES string of the molecule is CC(C)(C)OC(=O)NC1CCCCC/C=C\C2CC2(C(=O)NS(=O)(=O)N[C@@H]2C[C@H]2c2ccccc2)NC(=O)C2CCCN2C1=O. The molecule has 4 unspecified atom stereocenters. The Labute approximate surface area is 265 Å². The first-order valence-corrected chi connectivity index (χ1v) is 17.4. The van der Waals surface area contributed by atoms with Gasteiger partial charge in [0.05, 0.1) is 0 Å². The number of carbonyl (C=O) groups is 4. The van der Waals surface area contributed by atoms with Crippen molar-refractivity contribution in [2.24, 2.45) is 5.92 Å². The van der Waals surface area contributed by atoms with Gasteiger partial charge in [0.15, 0.2) is 0 Å². The molecule has 13 heteroatoms. The van der Waals surface area contributed by atoms with Crippen LogP contribution in [0.5, 0.6) is 0 Å². The minimum Gasteiger partial charge on any atom is -0.444 e. The molecule has 5 rings (SSSR count). The zero-order chi connectivity index (χ0) is 32.4. The van der Waals surface area contributed by atoms with Crippen molar-refractivity contribution in [1.29, 1.82) is 0 Å². The van der Waals surface area contributed by atoms with E-state index in [1.165, 1.54) is 4.90 Å². The molecule has 1 aromatic rings. The number of benzene rings is 1. The summed E-state index contributed by atoms with van der Waals surface area (Å²) in [7, 11) is -4.20. The largest absolute Gasteiger partial charge is 0.444 e. The van der Waals surface area contributed by atoms with Crippen molar-refractivity contribution in [3.63, 3.8) is 0 Å². The maximum absolute atomic E-state index is 13.7. The van der Waals surface area contributed by atoms with Crippen LogP contribution in [0.2, 0.25) is 0 Å². The zero-order valence-electron chi connectivity index (χ0n) is 26.2. The number of hydrogen-bond donors (Lipinski definition) is 4. The van der Waals surface area contributed by atoms with E-state index in [9.17, 15) is 27.6 Å². The molecule has 6 atom stereocenters. The summed E-state index contributed by atoms with van der Waals surface area (Å²) in [6.45, 7) is 5.55. The van der Waals surface area contributed by atoms with Crippen LogP contribution in [0.3, 0.4) is 0 Å². The summed E-state index contributed by atoms with van der Waals surface area (Å²) in [6.07, 6.45) is 8.42. The monoisotopic (exact) mass is 643 g/mol. The van der Waals surface area contributed by atoms with Gasteiger partial charge in [0, 0.05) is 24.4 Å². The fraction of sp³-hybridized carbons (Fsp3) is 0.625. The fourth-order valence-electron chi connectivity index (χ4n) is 6.38. The topological polar surface area (TPSA) is 163 Å². The summed E-state index contributed by atoms with van der Waals surface area (Å²) >= 11 is 0. The quantitative estimate of drug-likeness (QED) is 0.347. The van der Waals surface area contributed by atoms with Gasteiger partial charge >= 0.3 is 16.3 Å². The third-order valence-electron chi connectivity index (χ3n) is 8.88. The lowest BCUT2D eigenvalue weighted by molar-refractivity contribution is -0.141. The van der Waals surface area contributed by atoms with Gasteiger partial charge in [0.25, 0.3) is 5.91 Å². The van der Waals surface area contributed by atoms with Gasteiger partial charge < -0.3 is 20.3 Å². The van der Waals surface area contributed by atoms with Gasteiger partial charge in [-0.2, -0.15) is 13.1 Å². The first-order chi connectivity index (χ1) is 21.3. The van der Waals surface area contributed by atoms with Gasteiger partial charge in [-0.1, -0.05) is 55.3 Å². The molecule has 0 radical (unpaired) electrons. The number of rotatable bonds is 6. The minimum absolute atomic E-state index is 0.0327. The molecule has 0 bridgehead atoms.